The fraction of sp³-hybridized carbons (Fsp3) is 0.600. The molecule has 1 saturated carbocycles. The predicted molar refractivity (Wildman–Crippen MR) is 105 cm³/mol. The maximum absolute atomic E-state index is 13.3. The molecule has 0 unspecified atom stereocenters. The van der Waals surface area contributed by atoms with E-state index in [1.54, 1.807) is 0 Å². The molecule has 0 aromatic heterocycles. The molecule has 5 nitrogen and oxygen atoms in total. The minimum absolute atomic E-state index is 0.0347. The molecule has 10 heteroatoms. The van der Waals surface area contributed by atoms with Crippen molar-refractivity contribution in [2.45, 2.75) is 44.8 Å². The smallest absolute Gasteiger partial charge is 0.341 e. The first-order valence-electron chi connectivity index (χ1n) is 9.63. The number of halogens is 5. The van der Waals surface area contributed by atoms with E-state index in [1.807, 2.05) is 10.2 Å². The molecule has 0 radical (unpaired) electrons. The summed E-state index contributed by atoms with van der Waals surface area (Å²) in [4.78, 5) is 25.9. The highest BCUT2D eigenvalue weighted by atomic mass is 35.5. The standard InChI is InChI=1S/C20H24ClF4N3O2/c1-18(2,20(23,24)25)27-17(30)9-28-10-19(11-28)7-12(8-19)3-16(29)26-15-5-13(21)4-14(22)6-15/h4-6,12H,3,7-11H2,1-2H3,(H,26,29)(H,27,30). The van der Waals surface area contributed by atoms with Crippen molar-refractivity contribution >= 4 is 29.1 Å². The van der Waals surface area contributed by atoms with Crippen molar-refractivity contribution in [1.82, 2.24) is 10.2 Å². The average molecular weight is 450 g/mol. The van der Waals surface area contributed by atoms with Gasteiger partial charge in [0, 0.05) is 30.2 Å². The van der Waals surface area contributed by atoms with E-state index in [4.69, 9.17) is 11.6 Å². The largest absolute Gasteiger partial charge is 0.410 e. The minimum atomic E-state index is -4.52. The maximum Gasteiger partial charge on any atom is 0.410 e. The highest BCUT2D eigenvalue weighted by Gasteiger charge is 2.53. The molecule has 1 saturated heterocycles. The Labute approximate surface area is 177 Å². The summed E-state index contributed by atoms with van der Waals surface area (Å²) in [5.41, 5.74) is -1.93. The van der Waals surface area contributed by atoms with Crippen molar-refractivity contribution in [3.05, 3.63) is 29.0 Å². The third kappa shape index (κ3) is 5.24. The Morgan fingerprint density at radius 3 is 2.37 bits per heavy atom. The van der Waals surface area contributed by atoms with Crippen molar-refractivity contribution in [3.8, 4) is 0 Å². The number of hydrogen-bond donors (Lipinski definition) is 2. The summed E-state index contributed by atoms with van der Waals surface area (Å²) in [6.45, 7) is 3.05. The van der Waals surface area contributed by atoms with Crippen LogP contribution in [0.3, 0.4) is 0 Å². The van der Waals surface area contributed by atoms with Gasteiger partial charge >= 0.3 is 6.18 Å². The number of amides is 2. The van der Waals surface area contributed by atoms with Crippen LogP contribution in [-0.4, -0.2) is 48.1 Å². The quantitative estimate of drug-likeness (QED) is 0.646. The van der Waals surface area contributed by atoms with Gasteiger partial charge in [0.25, 0.3) is 0 Å². The second kappa shape index (κ2) is 8.00. The molecular weight excluding hydrogens is 426 g/mol. The molecule has 2 N–H and O–H groups in total. The summed E-state index contributed by atoms with van der Waals surface area (Å²) in [6, 6.07) is 3.82. The molecular formula is C20H24ClF4N3O2. The van der Waals surface area contributed by atoms with Crippen LogP contribution in [-0.2, 0) is 9.59 Å². The molecule has 1 aromatic carbocycles. The topological polar surface area (TPSA) is 61.4 Å². The van der Waals surface area contributed by atoms with Gasteiger partial charge in [0.1, 0.15) is 11.4 Å². The number of anilines is 1. The number of benzene rings is 1. The molecule has 2 aliphatic rings. The third-order valence-corrected chi connectivity index (χ3v) is 5.93. The average Bonchev–Trinajstić information content (AvgIpc) is 2.47. The molecule has 0 bridgehead atoms. The number of likely N-dealkylation sites (tertiary alicyclic amines) is 1. The molecule has 0 atom stereocenters. The maximum atomic E-state index is 13.3. The summed E-state index contributed by atoms with van der Waals surface area (Å²) in [7, 11) is 0. The minimum Gasteiger partial charge on any atom is -0.341 e. The van der Waals surface area contributed by atoms with Crippen LogP contribution in [0.5, 0.6) is 0 Å². The number of rotatable bonds is 6. The lowest BCUT2D eigenvalue weighted by atomic mass is 9.57. The lowest BCUT2D eigenvalue weighted by Crippen LogP contribution is -2.65. The first-order chi connectivity index (χ1) is 13.8. The number of nitrogens with zero attached hydrogens (tertiary/aromatic N) is 1. The summed E-state index contributed by atoms with van der Waals surface area (Å²) in [5.74, 6) is -1.22. The van der Waals surface area contributed by atoms with Crippen LogP contribution in [0.1, 0.15) is 33.1 Å². The van der Waals surface area contributed by atoms with E-state index in [0.717, 1.165) is 32.8 Å². The molecule has 2 amide bonds. The van der Waals surface area contributed by atoms with Crippen molar-refractivity contribution in [2.24, 2.45) is 11.3 Å². The van der Waals surface area contributed by atoms with Gasteiger partial charge in [-0.15, -0.1) is 0 Å². The fourth-order valence-electron chi connectivity index (χ4n) is 4.34. The van der Waals surface area contributed by atoms with Crippen LogP contribution in [0, 0.1) is 17.2 Å². The van der Waals surface area contributed by atoms with Crippen LogP contribution in [0.4, 0.5) is 23.2 Å². The highest BCUT2D eigenvalue weighted by Crippen LogP contribution is 2.53. The monoisotopic (exact) mass is 449 g/mol. The van der Waals surface area contributed by atoms with Gasteiger partial charge in [-0.05, 0) is 56.2 Å². The Morgan fingerprint density at radius 1 is 1.17 bits per heavy atom. The molecule has 166 valence electrons. The van der Waals surface area contributed by atoms with Crippen molar-refractivity contribution in [1.29, 1.82) is 0 Å². The van der Waals surface area contributed by atoms with Crippen molar-refractivity contribution in [3.63, 3.8) is 0 Å². The zero-order chi connectivity index (χ0) is 22.3. The number of nitrogens with one attached hydrogen (secondary N) is 2. The van der Waals surface area contributed by atoms with E-state index >= 15 is 0 Å². The van der Waals surface area contributed by atoms with Gasteiger partial charge in [0.2, 0.25) is 11.8 Å². The Hall–Kier alpha value is -1.87. The molecule has 3 rings (SSSR count). The summed E-state index contributed by atoms with van der Waals surface area (Å²) < 4.78 is 51.9. The molecule has 30 heavy (non-hydrogen) atoms. The summed E-state index contributed by atoms with van der Waals surface area (Å²) >= 11 is 5.77. The lowest BCUT2D eigenvalue weighted by molar-refractivity contribution is -0.189. The van der Waals surface area contributed by atoms with Crippen LogP contribution >= 0.6 is 11.6 Å². The van der Waals surface area contributed by atoms with E-state index in [9.17, 15) is 27.2 Å². The molecule has 1 heterocycles. The summed E-state index contributed by atoms with van der Waals surface area (Å²) in [6.07, 6.45) is -2.58. The molecule has 2 fully saturated rings. The Bertz CT molecular complexity index is 810. The van der Waals surface area contributed by atoms with Crippen LogP contribution < -0.4 is 10.6 Å². The Kier molecular flexibility index (Phi) is 6.08. The van der Waals surface area contributed by atoms with Crippen LogP contribution in [0.25, 0.3) is 0 Å². The van der Waals surface area contributed by atoms with Gasteiger partial charge in [-0.3, -0.25) is 14.5 Å². The van der Waals surface area contributed by atoms with Crippen molar-refractivity contribution < 1.29 is 27.2 Å². The molecule has 1 aromatic rings. The van der Waals surface area contributed by atoms with Crippen molar-refractivity contribution in [2.75, 3.05) is 25.0 Å². The van der Waals surface area contributed by atoms with Gasteiger partial charge in [-0.1, -0.05) is 11.6 Å². The lowest BCUT2D eigenvalue weighted by Gasteiger charge is -2.59. The van der Waals surface area contributed by atoms with Gasteiger partial charge in [-0.2, -0.15) is 13.2 Å². The zero-order valence-electron chi connectivity index (χ0n) is 16.7. The number of carbonyl (C=O) groups excluding carboxylic acids is 2. The first kappa shape index (κ1) is 22.8. The Morgan fingerprint density at radius 2 is 1.80 bits per heavy atom. The molecule has 1 aliphatic heterocycles. The zero-order valence-corrected chi connectivity index (χ0v) is 17.5. The molecule has 1 aliphatic carbocycles. The van der Waals surface area contributed by atoms with E-state index in [-0.39, 0.29) is 28.8 Å². The first-order valence-corrected chi connectivity index (χ1v) is 10.0. The van der Waals surface area contributed by atoms with Gasteiger partial charge in [-0.25, -0.2) is 4.39 Å². The van der Waals surface area contributed by atoms with Gasteiger partial charge < -0.3 is 10.6 Å². The SMILES string of the molecule is CC(C)(NC(=O)CN1CC2(CC(CC(=O)Nc3cc(F)cc(Cl)c3)C2)C1)C(F)(F)F. The number of hydrogen-bond acceptors (Lipinski definition) is 3. The fourth-order valence-corrected chi connectivity index (χ4v) is 4.57. The second-order valence-electron chi connectivity index (χ2n) is 9.00. The predicted octanol–water partition coefficient (Wildman–Crippen LogP) is 3.98. The van der Waals surface area contributed by atoms with E-state index in [0.29, 0.717) is 25.2 Å². The van der Waals surface area contributed by atoms with Gasteiger partial charge in [0.05, 0.1) is 6.54 Å². The number of carbonyl (C=O) groups is 2. The second-order valence-corrected chi connectivity index (χ2v) is 9.44. The Balaban J connectivity index is 1.37. The molecule has 1 spiro atoms. The third-order valence-electron chi connectivity index (χ3n) is 5.71. The van der Waals surface area contributed by atoms with E-state index in [1.165, 1.54) is 12.1 Å². The summed E-state index contributed by atoms with van der Waals surface area (Å²) in [5, 5.41) is 4.87. The van der Waals surface area contributed by atoms with E-state index in [2.05, 4.69) is 5.32 Å². The van der Waals surface area contributed by atoms with E-state index < -0.39 is 23.4 Å². The van der Waals surface area contributed by atoms with Crippen LogP contribution in [0.15, 0.2) is 18.2 Å². The normalized spacial score (nSPS) is 19.2. The highest BCUT2D eigenvalue weighted by molar-refractivity contribution is 6.30. The number of alkyl halides is 3. The van der Waals surface area contributed by atoms with Crippen LogP contribution in [0.2, 0.25) is 5.02 Å². The van der Waals surface area contributed by atoms with Gasteiger partial charge in [0.15, 0.2) is 0 Å².